The van der Waals surface area contributed by atoms with Crippen LogP contribution in [0.3, 0.4) is 0 Å². The number of allylic oxidation sites excluding steroid dienone is 2. The topological polar surface area (TPSA) is 57.0 Å². The number of esters is 1. The Morgan fingerprint density at radius 1 is 1.26 bits per heavy atom. The number of carbonyl (C=O) groups excluding carboxylic acids is 1. The number of ether oxygens (including phenoxy) is 1. The normalized spacial score (nSPS) is 11.5. The van der Waals surface area contributed by atoms with E-state index in [1.165, 1.54) is 23.1 Å². The molecule has 3 aromatic rings. The van der Waals surface area contributed by atoms with Gasteiger partial charge in [-0.15, -0.1) is 11.3 Å². The van der Waals surface area contributed by atoms with Gasteiger partial charge in [-0.1, -0.05) is 48.1 Å². The van der Waals surface area contributed by atoms with Crippen molar-refractivity contribution in [1.82, 2.24) is 14.8 Å². The predicted octanol–water partition coefficient (Wildman–Crippen LogP) is 4.85. The third-order valence-corrected chi connectivity index (χ3v) is 4.74. The summed E-state index contributed by atoms with van der Waals surface area (Å²) < 4.78 is 6.71. The highest BCUT2D eigenvalue weighted by Crippen LogP contribution is 2.19. The molecule has 0 N–H and O–H groups in total. The summed E-state index contributed by atoms with van der Waals surface area (Å²) in [6, 6.07) is 8.32. The van der Waals surface area contributed by atoms with Crippen LogP contribution in [0, 0.1) is 13.8 Å². The SMILES string of the molecule is CCOC(=O)c1cnn(-c2nc(/C=C/C=C/c3cccc(C)c3)cs2)c1C. The van der Waals surface area contributed by atoms with Crippen LogP contribution in [0.15, 0.2) is 48.0 Å². The summed E-state index contributed by atoms with van der Waals surface area (Å²) in [5, 5.41) is 6.94. The fourth-order valence-corrected chi connectivity index (χ4v) is 3.36. The molecule has 0 aliphatic heterocycles. The Labute approximate surface area is 162 Å². The second-order valence-electron chi connectivity index (χ2n) is 5.96. The van der Waals surface area contributed by atoms with Gasteiger partial charge in [0.15, 0.2) is 0 Å². The van der Waals surface area contributed by atoms with Gasteiger partial charge in [0.05, 0.1) is 24.2 Å². The highest BCUT2D eigenvalue weighted by atomic mass is 32.1. The summed E-state index contributed by atoms with van der Waals surface area (Å²) in [5.74, 6) is -0.362. The molecule has 6 heteroatoms. The molecule has 1 aromatic carbocycles. The van der Waals surface area contributed by atoms with Crippen LogP contribution >= 0.6 is 11.3 Å². The molecule has 0 bridgehead atoms. The lowest BCUT2D eigenvalue weighted by Gasteiger charge is -2.01. The largest absolute Gasteiger partial charge is 0.462 e. The number of carbonyl (C=O) groups is 1. The number of nitrogens with zero attached hydrogens (tertiary/aromatic N) is 3. The zero-order chi connectivity index (χ0) is 19.2. The van der Waals surface area contributed by atoms with Crippen molar-refractivity contribution in [2.45, 2.75) is 20.8 Å². The minimum Gasteiger partial charge on any atom is -0.462 e. The number of aryl methyl sites for hydroxylation is 1. The molecule has 2 aromatic heterocycles. The van der Waals surface area contributed by atoms with Crippen LogP contribution in [0.4, 0.5) is 0 Å². The second kappa shape index (κ2) is 8.60. The van der Waals surface area contributed by atoms with Gasteiger partial charge in [0, 0.05) is 5.38 Å². The molecule has 0 saturated heterocycles. The van der Waals surface area contributed by atoms with Crippen LogP contribution in [0.1, 0.15) is 39.8 Å². The van der Waals surface area contributed by atoms with Crippen LogP contribution in [-0.2, 0) is 4.74 Å². The first-order valence-electron chi connectivity index (χ1n) is 8.67. The zero-order valence-electron chi connectivity index (χ0n) is 15.5. The highest BCUT2D eigenvalue weighted by molar-refractivity contribution is 7.12. The fraction of sp³-hybridized carbons (Fsp3) is 0.190. The van der Waals surface area contributed by atoms with Crippen molar-refractivity contribution in [3.63, 3.8) is 0 Å². The standard InChI is InChI=1S/C21H21N3O2S/c1-4-26-20(25)19-13-22-24(16(19)3)21-23-18(14-27-21)11-6-5-9-17-10-7-8-15(2)12-17/h5-14H,4H2,1-3H3/b9-5+,11-6+. The Hall–Kier alpha value is -2.99. The first kappa shape index (κ1) is 18.8. The summed E-state index contributed by atoms with van der Waals surface area (Å²) >= 11 is 1.47. The quantitative estimate of drug-likeness (QED) is 0.454. The average Bonchev–Trinajstić information content (AvgIpc) is 3.25. The summed E-state index contributed by atoms with van der Waals surface area (Å²) in [7, 11) is 0. The van der Waals surface area contributed by atoms with Gasteiger partial charge in [0.1, 0.15) is 5.56 Å². The molecule has 0 amide bonds. The van der Waals surface area contributed by atoms with Gasteiger partial charge in [-0.25, -0.2) is 14.5 Å². The van der Waals surface area contributed by atoms with Gasteiger partial charge < -0.3 is 4.74 Å². The summed E-state index contributed by atoms with van der Waals surface area (Å²) in [4.78, 5) is 16.5. The predicted molar refractivity (Wildman–Crippen MR) is 109 cm³/mol. The van der Waals surface area contributed by atoms with E-state index in [-0.39, 0.29) is 5.97 Å². The Morgan fingerprint density at radius 2 is 2.07 bits per heavy atom. The molecule has 0 saturated carbocycles. The molecular formula is C21H21N3O2S. The number of thiazole rings is 1. The molecule has 0 fully saturated rings. The third-order valence-electron chi connectivity index (χ3n) is 3.91. The van der Waals surface area contributed by atoms with Crippen molar-refractivity contribution < 1.29 is 9.53 Å². The second-order valence-corrected chi connectivity index (χ2v) is 6.80. The van der Waals surface area contributed by atoms with E-state index < -0.39 is 0 Å². The van der Waals surface area contributed by atoms with Crippen LogP contribution in [0.25, 0.3) is 17.3 Å². The lowest BCUT2D eigenvalue weighted by atomic mass is 10.1. The maximum atomic E-state index is 11.9. The van der Waals surface area contributed by atoms with E-state index in [9.17, 15) is 4.79 Å². The van der Waals surface area contributed by atoms with Crippen molar-refractivity contribution in [2.75, 3.05) is 6.61 Å². The Morgan fingerprint density at radius 3 is 2.85 bits per heavy atom. The number of hydrogen-bond donors (Lipinski definition) is 0. The number of rotatable bonds is 6. The van der Waals surface area contributed by atoms with E-state index >= 15 is 0 Å². The molecule has 0 unspecified atom stereocenters. The molecule has 3 rings (SSSR count). The van der Waals surface area contributed by atoms with Gasteiger partial charge in [-0.05, 0) is 32.4 Å². The molecule has 2 heterocycles. The number of aromatic nitrogens is 3. The minimum absolute atomic E-state index is 0.339. The molecule has 0 radical (unpaired) electrons. The number of benzene rings is 1. The first-order valence-corrected chi connectivity index (χ1v) is 9.55. The summed E-state index contributed by atoms with van der Waals surface area (Å²) in [6.45, 7) is 6.03. The number of hydrogen-bond acceptors (Lipinski definition) is 5. The van der Waals surface area contributed by atoms with Crippen LogP contribution in [0.2, 0.25) is 0 Å². The van der Waals surface area contributed by atoms with Gasteiger partial charge in [-0.3, -0.25) is 0 Å². The van der Waals surface area contributed by atoms with Crippen LogP contribution in [-0.4, -0.2) is 27.3 Å². The lowest BCUT2D eigenvalue weighted by molar-refractivity contribution is 0.0525. The molecule has 5 nitrogen and oxygen atoms in total. The van der Waals surface area contributed by atoms with Gasteiger partial charge in [0.25, 0.3) is 0 Å². The fourth-order valence-electron chi connectivity index (χ4n) is 2.56. The maximum absolute atomic E-state index is 11.9. The summed E-state index contributed by atoms with van der Waals surface area (Å²) in [6.07, 6.45) is 9.47. The van der Waals surface area contributed by atoms with E-state index in [1.54, 1.807) is 11.6 Å². The Bertz CT molecular complexity index is 999. The van der Waals surface area contributed by atoms with E-state index in [0.29, 0.717) is 17.3 Å². The van der Waals surface area contributed by atoms with Gasteiger partial charge >= 0.3 is 5.97 Å². The monoisotopic (exact) mass is 379 g/mol. The molecule has 0 aliphatic carbocycles. The molecule has 0 aliphatic rings. The Balaban J connectivity index is 1.71. The van der Waals surface area contributed by atoms with Crippen molar-refractivity contribution in [3.8, 4) is 5.13 Å². The van der Waals surface area contributed by atoms with Crippen LogP contribution in [0.5, 0.6) is 0 Å². The zero-order valence-corrected chi connectivity index (χ0v) is 16.4. The van der Waals surface area contributed by atoms with Crippen molar-refractivity contribution in [3.05, 3.63) is 76.1 Å². The van der Waals surface area contributed by atoms with E-state index in [1.807, 2.05) is 36.6 Å². The molecule has 27 heavy (non-hydrogen) atoms. The lowest BCUT2D eigenvalue weighted by Crippen LogP contribution is -2.06. The smallest absolute Gasteiger partial charge is 0.341 e. The van der Waals surface area contributed by atoms with E-state index in [0.717, 1.165) is 17.0 Å². The third kappa shape index (κ3) is 4.60. The van der Waals surface area contributed by atoms with Crippen LogP contribution < -0.4 is 0 Å². The average molecular weight is 379 g/mol. The Kier molecular flexibility index (Phi) is 5.98. The van der Waals surface area contributed by atoms with Gasteiger partial charge in [0.2, 0.25) is 5.13 Å². The van der Waals surface area contributed by atoms with Crippen molar-refractivity contribution >= 4 is 29.5 Å². The summed E-state index contributed by atoms with van der Waals surface area (Å²) in [5.41, 5.74) is 4.43. The molecule has 0 spiro atoms. The first-order chi connectivity index (χ1) is 13.1. The van der Waals surface area contributed by atoms with Crippen molar-refractivity contribution in [1.29, 1.82) is 0 Å². The van der Waals surface area contributed by atoms with E-state index in [2.05, 4.69) is 41.3 Å². The maximum Gasteiger partial charge on any atom is 0.341 e. The minimum atomic E-state index is -0.362. The van der Waals surface area contributed by atoms with Gasteiger partial charge in [-0.2, -0.15) is 5.10 Å². The molecule has 0 atom stereocenters. The van der Waals surface area contributed by atoms with E-state index in [4.69, 9.17) is 4.74 Å². The molecule has 138 valence electrons. The van der Waals surface area contributed by atoms with Crippen molar-refractivity contribution in [2.24, 2.45) is 0 Å². The highest BCUT2D eigenvalue weighted by Gasteiger charge is 2.17. The molecular weight excluding hydrogens is 358 g/mol.